The second kappa shape index (κ2) is 15.0. The van der Waals surface area contributed by atoms with Crippen LogP contribution in [0.25, 0.3) is 0 Å². The van der Waals surface area contributed by atoms with Crippen molar-refractivity contribution in [3.05, 3.63) is 96.9 Å². The van der Waals surface area contributed by atoms with Gasteiger partial charge in [0.05, 0.1) is 24.1 Å². The number of methoxy groups -OCH3 is 2. The van der Waals surface area contributed by atoms with Crippen LogP contribution in [-0.4, -0.2) is 44.0 Å². The molecule has 0 aliphatic carbocycles. The zero-order valence-electron chi connectivity index (χ0n) is 20.1. The van der Waals surface area contributed by atoms with Crippen LogP contribution >= 0.6 is 34.8 Å². The highest BCUT2D eigenvalue weighted by Crippen LogP contribution is 2.26. The number of hydrogen-bond donors (Lipinski definition) is 2. The number of halogens is 3. The Bertz CT molecular complexity index is 1410. The smallest absolute Gasteiger partial charge is 0.329 e. The molecule has 0 spiro atoms. The summed E-state index contributed by atoms with van der Waals surface area (Å²) >= 11 is 16.3. The SMILES string of the molecule is COc1ccc(N)cc1.COc1ccc(Nc2nc(Cl)ncc2[N+](=O)[O-])cc1.O=[N+]([O-])c1cnc(Cl)nc1Cl. The van der Waals surface area contributed by atoms with Crippen molar-refractivity contribution in [2.24, 2.45) is 0 Å². The molecule has 0 radical (unpaired) electrons. The van der Waals surface area contributed by atoms with Gasteiger partial charge in [-0.2, -0.15) is 9.97 Å². The number of rotatable bonds is 6. The molecule has 39 heavy (non-hydrogen) atoms. The fraction of sp³-hybridized carbons (Fsp3) is 0.0909. The molecule has 0 amide bonds. The molecule has 0 aliphatic heterocycles. The summed E-state index contributed by atoms with van der Waals surface area (Å²) in [5.74, 6) is 1.56. The fourth-order valence-corrected chi connectivity index (χ4v) is 2.96. The van der Waals surface area contributed by atoms with Crippen LogP contribution in [0.4, 0.5) is 28.6 Å². The third kappa shape index (κ3) is 10.0. The van der Waals surface area contributed by atoms with E-state index in [2.05, 4.69) is 25.3 Å². The van der Waals surface area contributed by atoms with Gasteiger partial charge in [0.25, 0.3) is 0 Å². The molecule has 0 unspecified atom stereocenters. The Labute approximate surface area is 236 Å². The maximum Gasteiger partial charge on any atom is 0.329 e. The highest BCUT2D eigenvalue weighted by molar-refractivity contribution is 6.33. The molecular formula is C22H19Cl3N8O6. The van der Waals surface area contributed by atoms with Crippen LogP contribution < -0.4 is 20.5 Å². The molecule has 0 fully saturated rings. The van der Waals surface area contributed by atoms with E-state index in [-0.39, 0.29) is 32.9 Å². The molecule has 0 atom stereocenters. The summed E-state index contributed by atoms with van der Waals surface area (Å²) in [5, 5.41) is 23.4. The van der Waals surface area contributed by atoms with Crippen molar-refractivity contribution in [1.29, 1.82) is 0 Å². The highest BCUT2D eigenvalue weighted by Gasteiger charge is 2.17. The molecule has 2 aromatic heterocycles. The first-order chi connectivity index (χ1) is 18.5. The minimum atomic E-state index is -0.682. The van der Waals surface area contributed by atoms with Crippen LogP contribution in [-0.2, 0) is 0 Å². The van der Waals surface area contributed by atoms with Crippen molar-refractivity contribution < 1.29 is 19.3 Å². The summed E-state index contributed by atoms with van der Waals surface area (Å²) in [6.07, 6.45) is 2.01. The van der Waals surface area contributed by atoms with E-state index in [1.807, 2.05) is 12.1 Å². The zero-order valence-corrected chi connectivity index (χ0v) is 22.4. The fourth-order valence-electron chi connectivity index (χ4n) is 2.45. The number of nitrogens with zero attached hydrogens (tertiary/aromatic N) is 6. The molecular weight excluding hydrogens is 579 g/mol. The summed E-state index contributed by atoms with van der Waals surface area (Å²) in [5.41, 5.74) is 6.21. The van der Waals surface area contributed by atoms with Gasteiger partial charge in [-0.3, -0.25) is 20.2 Å². The zero-order chi connectivity index (χ0) is 28.9. The topological polar surface area (TPSA) is 194 Å². The standard InChI is InChI=1S/C11H9ClN4O3.C7H9NO.C4HCl2N3O2/c1-19-8-4-2-7(3-5-8)14-10-9(16(17)18)6-13-11(12)15-10;1-9-7-4-2-6(8)3-5-7;5-3-2(9(10)11)1-7-4(6)8-3/h2-6H,1H3,(H,13,14,15);2-5H,8H2,1H3;1H. The molecule has 4 rings (SSSR count). The van der Waals surface area contributed by atoms with Gasteiger partial charge in [0.1, 0.15) is 23.9 Å². The van der Waals surface area contributed by atoms with Crippen LogP contribution in [0.2, 0.25) is 15.7 Å². The molecule has 2 aromatic carbocycles. The molecule has 2 heterocycles. The Kier molecular flexibility index (Phi) is 11.8. The van der Waals surface area contributed by atoms with Gasteiger partial charge < -0.3 is 20.5 Å². The average molecular weight is 598 g/mol. The number of nitrogens with two attached hydrogens (primary N) is 1. The molecule has 0 saturated carbocycles. The van der Waals surface area contributed by atoms with Crippen LogP contribution in [0.3, 0.4) is 0 Å². The molecule has 17 heteroatoms. The average Bonchev–Trinajstić information content (AvgIpc) is 2.90. The minimum absolute atomic E-state index is 0.0372. The van der Waals surface area contributed by atoms with E-state index >= 15 is 0 Å². The van der Waals surface area contributed by atoms with Crippen molar-refractivity contribution >= 4 is 63.4 Å². The van der Waals surface area contributed by atoms with E-state index < -0.39 is 9.85 Å². The number of aromatic nitrogens is 4. The summed E-state index contributed by atoms with van der Waals surface area (Å²) < 4.78 is 9.93. The number of nitrogens with one attached hydrogen (secondary N) is 1. The van der Waals surface area contributed by atoms with E-state index in [1.54, 1.807) is 50.6 Å². The van der Waals surface area contributed by atoms with E-state index in [9.17, 15) is 20.2 Å². The van der Waals surface area contributed by atoms with Gasteiger partial charge in [-0.25, -0.2) is 9.97 Å². The van der Waals surface area contributed by atoms with Gasteiger partial charge in [-0.05, 0) is 71.7 Å². The lowest BCUT2D eigenvalue weighted by Gasteiger charge is -2.06. The number of hydrogen-bond acceptors (Lipinski definition) is 12. The Morgan fingerprint density at radius 1 is 0.769 bits per heavy atom. The molecule has 3 N–H and O–H groups in total. The second-order valence-corrected chi connectivity index (χ2v) is 7.86. The Morgan fingerprint density at radius 2 is 1.23 bits per heavy atom. The monoisotopic (exact) mass is 596 g/mol. The lowest BCUT2D eigenvalue weighted by molar-refractivity contribution is -0.385. The van der Waals surface area contributed by atoms with Crippen molar-refractivity contribution in [2.75, 3.05) is 25.3 Å². The van der Waals surface area contributed by atoms with Crippen LogP contribution in [0, 0.1) is 20.2 Å². The maximum absolute atomic E-state index is 10.8. The van der Waals surface area contributed by atoms with Crippen LogP contribution in [0.1, 0.15) is 0 Å². The first-order valence-corrected chi connectivity index (χ1v) is 11.5. The molecule has 14 nitrogen and oxygen atoms in total. The maximum atomic E-state index is 10.8. The van der Waals surface area contributed by atoms with Crippen molar-refractivity contribution in [3.8, 4) is 11.5 Å². The summed E-state index contributed by atoms with van der Waals surface area (Å²) in [6.45, 7) is 0. The third-order valence-electron chi connectivity index (χ3n) is 4.30. The van der Waals surface area contributed by atoms with Gasteiger partial charge in [-0.1, -0.05) is 11.6 Å². The quantitative estimate of drug-likeness (QED) is 0.0898. The number of anilines is 3. The van der Waals surface area contributed by atoms with Crippen molar-refractivity contribution in [1.82, 2.24) is 19.9 Å². The summed E-state index contributed by atoms with van der Waals surface area (Å²) in [7, 11) is 3.18. The van der Waals surface area contributed by atoms with Crippen LogP contribution in [0.15, 0.2) is 60.9 Å². The third-order valence-corrected chi connectivity index (χ3v) is 4.94. The van der Waals surface area contributed by atoms with Gasteiger partial charge in [0.2, 0.25) is 21.5 Å². The van der Waals surface area contributed by atoms with Gasteiger partial charge in [0, 0.05) is 11.4 Å². The normalized spacial score (nSPS) is 9.67. The Morgan fingerprint density at radius 3 is 1.69 bits per heavy atom. The second-order valence-electron chi connectivity index (χ2n) is 6.83. The van der Waals surface area contributed by atoms with E-state index in [4.69, 9.17) is 50.0 Å². The molecule has 0 saturated heterocycles. The van der Waals surface area contributed by atoms with Crippen LogP contribution in [0.5, 0.6) is 11.5 Å². The molecule has 4 aromatic rings. The first kappa shape index (κ1) is 30.7. The van der Waals surface area contributed by atoms with E-state index in [0.29, 0.717) is 11.4 Å². The number of nitrogen functional groups attached to an aromatic ring is 1. The molecule has 204 valence electrons. The largest absolute Gasteiger partial charge is 0.497 e. The number of nitro groups is 2. The lowest BCUT2D eigenvalue weighted by atomic mass is 10.3. The highest BCUT2D eigenvalue weighted by atomic mass is 35.5. The van der Waals surface area contributed by atoms with Crippen molar-refractivity contribution in [3.63, 3.8) is 0 Å². The lowest BCUT2D eigenvalue weighted by Crippen LogP contribution is -2.01. The summed E-state index contributed by atoms with van der Waals surface area (Å²) in [6, 6.07) is 14.1. The van der Waals surface area contributed by atoms with E-state index in [1.165, 1.54) is 0 Å². The van der Waals surface area contributed by atoms with Gasteiger partial charge >= 0.3 is 11.4 Å². The number of ether oxygens (including phenoxy) is 2. The summed E-state index contributed by atoms with van der Waals surface area (Å²) in [4.78, 5) is 33.9. The number of benzene rings is 2. The first-order valence-electron chi connectivity index (χ1n) is 10.3. The van der Waals surface area contributed by atoms with Crippen molar-refractivity contribution in [2.45, 2.75) is 0 Å². The minimum Gasteiger partial charge on any atom is -0.497 e. The predicted molar refractivity (Wildman–Crippen MR) is 146 cm³/mol. The Hall–Kier alpha value is -4.53. The predicted octanol–water partition coefficient (Wildman–Crippen LogP) is 5.76. The van der Waals surface area contributed by atoms with Gasteiger partial charge in [0.15, 0.2) is 0 Å². The van der Waals surface area contributed by atoms with E-state index in [0.717, 1.165) is 23.8 Å². The molecule has 0 aliphatic rings. The molecule has 0 bridgehead atoms. The Balaban J connectivity index is 0.000000226. The van der Waals surface area contributed by atoms with Gasteiger partial charge in [-0.15, -0.1) is 0 Å².